The Kier molecular flexibility index (Phi) is 6.28. The number of amides is 1. The van der Waals surface area contributed by atoms with Gasteiger partial charge in [0.2, 0.25) is 19.9 Å². The molecule has 0 saturated carbocycles. The van der Waals surface area contributed by atoms with Crippen LogP contribution in [0.15, 0.2) is 69.4 Å². The van der Waals surface area contributed by atoms with Gasteiger partial charge < -0.3 is 5.32 Å². The topological polar surface area (TPSA) is 122 Å². The van der Waals surface area contributed by atoms with Gasteiger partial charge >= 0.3 is 0 Å². The molecule has 1 aromatic heterocycles. The smallest absolute Gasteiger partial charge is 0.257 e. The number of anilines is 1. The van der Waals surface area contributed by atoms with E-state index in [1.54, 1.807) is 38.2 Å². The zero-order valence-electron chi connectivity index (χ0n) is 18.4. The van der Waals surface area contributed by atoms with Crippen LogP contribution in [0.4, 0.5) is 10.1 Å². The maximum atomic E-state index is 13.9. The molecule has 8 nitrogen and oxygen atoms in total. The summed E-state index contributed by atoms with van der Waals surface area (Å²) in [4.78, 5) is 15.7. The average Bonchev–Trinajstić information content (AvgIpc) is 2.86. The standard InChI is InChI=1S/C23H22FN3O5S2/c1-14(2)18-12-19-22(33(29,30)20-11-15(24)6-7-17(20)23(28)27-19)13-21(18)34(31,32)26-10-8-16-5-3-4-9-25-16/h3-7,9,11-14,26H,8,10H2,1-2H3,(H,27,28). The molecule has 178 valence electrons. The number of nitrogens with one attached hydrogen (secondary N) is 2. The van der Waals surface area contributed by atoms with E-state index in [9.17, 15) is 26.0 Å². The fourth-order valence-electron chi connectivity index (χ4n) is 3.73. The van der Waals surface area contributed by atoms with Crippen LogP contribution in [0.3, 0.4) is 0 Å². The predicted octanol–water partition coefficient (Wildman–Crippen LogP) is 3.26. The van der Waals surface area contributed by atoms with E-state index in [1.807, 2.05) is 0 Å². The molecule has 3 aromatic rings. The lowest BCUT2D eigenvalue weighted by Crippen LogP contribution is -2.27. The summed E-state index contributed by atoms with van der Waals surface area (Å²) in [6.45, 7) is 3.56. The van der Waals surface area contributed by atoms with Gasteiger partial charge in [0, 0.05) is 24.9 Å². The number of sulfone groups is 1. The van der Waals surface area contributed by atoms with E-state index in [-0.39, 0.29) is 28.6 Å². The van der Waals surface area contributed by atoms with Crippen molar-refractivity contribution in [2.24, 2.45) is 0 Å². The van der Waals surface area contributed by atoms with Gasteiger partial charge in [0.05, 0.1) is 25.9 Å². The highest BCUT2D eigenvalue weighted by molar-refractivity contribution is 7.92. The van der Waals surface area contributed by atoms with Crippen LogP contribution in [0.2, 0.25) is 0 Å². The lowest BCUT2D eigenvalue weighted by atomic mass is 10.0. The molecule has 11 heteroatoms. The summed E-state index contributed by atoms with van der Waals surface area (Å²) in [6.07, 6.45) is 1.94. The van der Waals surface area contributed by atoms with Crippen LogP contribution >= 0.6 is 0 Å². The number of nitrogens with zero attached hydrogens (tertiary/aromatic N) is 1. The highest BCUT2D eigenvalue weighted by Gasteiger charge is 2.34. The van der Waals surface area contributed by atoms with Crippen molar-refractivity contribution in [1.29, 1.82) is 0 Å². The largest absolute Gasteiger partial charge is 0.321 e. The Morgan fingerprint density at radius 3 is 2.53 bits per heavy atom. The maximum Gasteiger partial charge on any atom is 0.257 e. The highest BCUT2D eigenvalue weighted by Crippen LogP contribution is 2.38. The van der Waals surface area contributed by atoms with Crippen molar-refractivity contribution in [1.82, 2.24) is 9.71 Å². The second-order valence-electron chi connectivity index (χ2n) is 8.11. The lowest BCUT2D eigenvalue weighted by molar-refractivity contribution is 0.102. The molecule has 34 heavy (non-hydrogen) atoms. The van der Waals surface area contributed by atoms with E-state index >= 15 is 0 Å². The first-order valence-electron chi connectivity index (χ1n) is 10.4. The molecule has 0 fully saturated rings. The van der Waals surface area contributed by atoms with Crippen LogP contribution in [0.5, 0.6) is 0 Å². The van der Waals surface area contributed by atoms with E-state index in [4.69, 9.17) is 0 Å². The summed E-state index contributed by atoms with van der Waals surface area (Å²) in [5, 5.41) is 2.53. The number of hydrogen-bond donors (Lipinski definition) is 2. The third kappa shape index (κ3) is 4.46. The van der Waals surface area contributed by atoms with Crippen molar-refractivity contribution in [3.63, 3.8) is 0 Å². The monoisotopic (exact) mass is 503 g/mol. The normalized spacial score (nSPS) is 14.8. The van der Waals surface area contributed by atoms with Crippen molar-refractivity contribution in [3.8, 4) is 0 Å². The molecule has 0 atom stereocenters. The van der Waals surface area contributed by atoms with Crippen LogP contribution in [0, 0.1) is 5.82 Å². The van der Waals surface area contributed by atoms with Crippen molar-refractivity contribution >= 4 is 31.5 Å². The molecule has 2 heterocycles. The summed E-state index contributed by atoms with van der Waals surface area (Å²) in [5.41, 5.74) is 0.746. The molecule has 1 aliphatic heterocycles. The van der Waals surface area contributed by atoms with Gasteiger partial charge in [0.25, 0.3) is 5.91 Å². The Morgan fingerprint density at radius 1 is 1.09 bits per heavy atom. The minimum atomic E-state index is -4.41. The number of hydrogen-bond acceptors (Lipinski definition) is 6. The number of carbonyl (C=O) groups excluding carboxylic acids is 1. The molecule has 2 aromatic carbocycles. The van der Waals surface area contributed by atoms with Gasteiger partial charge in [-0.15, -0.1) is 0 Å². The molecule has 1 amide bonds. The Labute approximate surface area is 197 Å². The molecule has 2 N–H and O–H groups in total. The molecule has 0 saturated heterocycles. The summed E-state index contributed by atoms with van der Waals surface area (Å²) >= 11 is 0. The number of halogens is 1. The third-order valence-electron chi connectivity index (χ3n) is 5.44. The van der Waals surface area contributed by atoms with Gasteiger partial charge in [-0.05, 0) is 53.9 Å². The zero-order valence-corrected chi connectivity index (χ0v) is 20.0. The quantitative estimate of drug-likeness (QED) is 0.532. The predicted molar refractivity (Wildman–Crippen MR) is 123 cm³/mol. The van der Waals surface area contributed by atoms with E-state index < -0.39 is 41.4 Å². The molecule has 0 unspecified atom stereocenters. The summed E-state index contributed by atoms with van der Waals surface area (Å²) in [5.74, 6) is -1.87. The van der Waals surface area contributed by atoms with Crippen molar-refractivity contribution in [3.05, 3.63) is 77.4 Å². The van der Waals surface area contributed by atoms with Gasteiger partial charge in [0.15, 0.2) is 0 Å². The first-order chi connectivity index (χ1) is 16.0. The molecular weight excluding hydrogens is 481 g/mol. The number of sulfonamides is 1. The molecule has 0 spiro atoms. The highest BCUT2D eigenvalue weighted by atomic mass is 32.2. The Hall–Kier alpha value is -3.15. The second-order valence-corrected chi connectivity index (χ2v) is 11.7. The fraction of sp³-hybridized carbons (Fsp3) is 0.217. The molecule has 0 bridgehead atoms. The van der Waals surface area contributed by atoms with Crippen LogP contribution in [0.25, 0.3) is 0 Å². The maximum absolute atomic E-state index is 13.9. The molecule has 4 rings (SSSR count). The number of benzene rings is 2. The Morgan fingerprint density at radius 2 is 1.85 bits per heavy atom. The minimum Gasteiger partial charge on any atom is -0.321 e. The van der Waals surface area contributed by atoms with Gasteiger partial charge in [-0.2, -0.15) is 0 Å². The zero-order chi connectivity index (χ0) is 24.7. The van der Waals surface area contributed by atoms with Crippen molar-refractivity contribution in [2.75, 3.05) is 11.9 Å². The van der Waals surface area contributed by atoms with Crippen LogP contribution in [-0.2, 0) is 26.3 Å². The van der Waals surface area contributed by atoms with E-state index in [0.29, 0.717) is 17.7 Å². The summed E-state index contributed by atoms with van der Waals surface area (Å²) in [7, 11) is -8.54. The van der Waals surface area contributed by atoms with Crippen molar-refractivity contribution < 1.29 is 26.0 Å². The fourth-order valence-corrected chi connectivity index (χ4v) is 6.84. The van der Waals surface area contributed by atoms with Crippen LogP contribution in [0.1, 0.15) is 41.4 Å². The number of carbonyl (C=O) groups is 1. The van der Waals surface area contributed by atoms with Crippen LogP contribution < -0.4 is 10.0 Å². The van der Waals surface area contributed by atoms with Gasteiger partial charge in [-0.3, -0.25) is 9.78 Å². The first-order valence-corrected chi connectivity index (χ1v) is 13.4. The molecular formula is C23H22FN3O5S2. The SMILES string of the molecule is CC(C)c1cc2c(cc1S(=O)(=O)NCCc1ccccn1)S(=O)(=O)c1cc(F)ccc1C(=O)N2. The van der Waals surface area contributed by atoms with Gasteiger partial charge in [-0.1, -0.05) is 19.9 Å². The Balaban J connectivity index is 1.81. The van der Waals surface area contributed by atoms with Gasteiger partial charge in [-0.25, -0.2) is 25.9 Å². The van der Waals surface area contributed by atoms with Gasteiger partial charge in [0.1, 0.15) is 5.82 Å². The average molecular weight is 504 g/mol. The number of fused-ring (bicyclic) bond motifs is 2. The first kappa shape index (κ1) is 24.0. The number of aromatic nitrogens is 1. The van der Waals surface area contributed by atoms with Crippen LogP contribution in [-0.4, -0.2) is 34.3 Å². The van der Waals surface area contributed by atoms with Crippen molar-refractivity contribution in [2.45, 2.75) is 40.9 Å². The minimum absolute atomic E-state index is 0.0471. The van der Waals surface area contributed by atoms with E-state index in [0.717, 1.165) is 24.3 Å². The van der Waals surface area contributed by atoms with E-state index in [2.05, 4.69) is 15.0 Å². The summed E-state index contributed by atoms with van der Waals surface area (Å²) in [6, 6.07) is 10.5. The molecule has 0 aliphatic carbocycles. The second kappa shape index (κ2) is 8.90. The Bertz CT molecular complexity index is 1490. The third-order valence-corrected chi connectivity index (χ3v) is 8.79. The molecule has 0 radical (unpaired) electrons. The lowest BCUT2D eigenvalue weighted by Gasteiger charge is -2.18. The number of rotatable bonds is 6. The van der Waals surface area contributed by atoms with E-state index in [1.165, 1.54) is 6.07 Å². The number of pyridine rings is 1. The summed E-state index contributed by atoms with van der Waals surface area (Å²) < 4.78 is 69.6. The molecule has 1 aliphatic rings.